The van der Waals surface area contributed by atoms with E-state index in [1.165, 1.54) is 6.42 Å². The molecule has 2 N–H and O–H groups in total. The van der Waals surface area contributed by atoms with Crippen LogP contribution in [0.4, 0.5) is 17.2 Å². The molecule has 0 atom stereocenters. The highest BCUT2D eigenvalue weighted by atomic mass is 32.1. The van der Waals surface area contributed by atoms with Crippen LogP contribution in [0.5, 0.6) is 0 Å². The van der Waals surface area contributed by atoms with Gasteiger partial charge in [-0.2, -0.15) is 12.6 Å². The maximum absolute atomic E-state index is 5.53. The molecule has 0 saturated carbocycles. The summed E-state index contributed by atoms with van der Waals surface area (Å²) in [5, 5.41) is 0. The van der Waals surface area contributed by atoms with Crippen LogP contribution in [0.3, 0.4) is 0 Å². The molecule has 0 spiro atoms. The minimum Gasteiger partial charge on any atom is -0.399 e. The summed E-state index contributed by atoms with van der Waals surface area (Å²) in [5.74, 6) is 1.57. The lowest BCUT2D eigenvalue weighted by molar-refractivity contribution is 0.961. The van der Waals surface area contributed by atoms with E-state index >= 15 is 0 Å². The van der Waals surface area contributed by atoms with E-state index in [1.54, 1.807) is 10.5 Å². The zero-order chi connectivity index (χ0) is 30.2. The number of aromatic nitrogens is 1. The van der Waals surface area contributed by atoms with Crippen molar-refractivity contribution in [1.82, 2.24) is 4.98 Å². The predicted molar refractivity (Wildman–Crippen MR) is 188 cm³/mol. The number of nitrogens with two attached hydrogens (primary N) is 1. The number of allylic oxidation sites excluding steroid dienone is 1. The number of nitrogens with zero attached hydrogens (tertiary/aromatic N) is 3. The van der Waals surface area contributed by atoms with Crippen LogP contribution in [0, 0.1) is 0 Å². The van der Waals surface area contributed by atoms with Crippen LogP contribution in [-0.4, -0.2) is 25.0 Å². The van der Waals surface area contributed by atoms with Gasteiger partial charge in [0.1, 0.15) is 5.82 Å². The van der Waals surface area contributed by atoms with Crippen molar-refractivity contribution >= 4 is 55.3 Å². The van der Waals surface area contributed by atoms with Crippen molar-refractivity contribution in [3.63, 3.8) is 0 Å². The molecule has 3 rings (SSSR count). The first-order valence-corrected chi connectivity index (χ1v) is 14.7. The van der Waals surface area contributed by atoms with E-state index in [9.17, 15) is 0 Å². The second-order valence-electron chi connectivity index (χ2n) is 6.56. The Morgan fingerprint density at radius 1 is 0.842 bits per heavy atom. The fourth-order valence-corrected chi connectivity index (χ4v) is 2.44. The van der Waals surface area contributed by atoms with E-state index in [0.717, 1.165) is 28.5 Å². The third-order valence-corrected chi connectivity index (χ3v) is 4.70. The fourth-order valence-electron chi connectivity index (χ4n) is 1.99. The molecular formula is C31H54N4S3. The summed E-state index contributed by atoms with van der Waals surface area (Å²) >= 11 is 12.3. The molecule has 0 unspecified atom stereocenters. The van der Waals surface area contributed by atoms with Crippen molar-refractivity contribution in [2.24, 2.45) is 0 Å². The quantitative estimate of drug-likeness (QED) is 0.105. The Kier molecular flexibility index (Phi) is 39.2. The first-order chi connectivity index (χ1) is 18.3. The van der Waals surface area contributed by atoms with Crippen LogP contribution in [-0.2, 0) is 0 Å². The van der Waals surface area contributed by atoms with Crippen molar-refractivity contribution in [1.29, 1.82) is 0 Å². The predicted octanol–water partition coefficient (Wildman–Crippen LogP) is 9.98. The van der Waals surface area contributed by atoms with Crippen LogP contribution in [0.1, 0.15) is 61.3 Å². The number of hydrogen-bond donors (Lipinski definition) is 4. The first-order valence-electron chi connectivity index (χ1n) is 13.2. The number of rotatable bonds is 5. The van der Waals surface area contributed by atoms with Crippen molar-refractivity contribution in [3.05, 3.63) is 91.6 Å². The molecule has 0 aliphatic heterocycles. The average Bonchev–Trinajstić information content (AvgIpc) is 2.98. The minimum atomic E-state index is 0.712. The molecule has 0 amide bonds. The molecule has 0 fully saturated rings. The number of benzene rings is 2. The normalized spacial score (nSPS) is 8.00. The summed E-state index contributed by atoms with van der Waals surface area (Å²) in [6, 6.07) is 23.2. The van der Waals surface area contributed by atoms with Crippen LogP contribution in [0.15, 0.2) is 96.5 Å². The molecule has 7 heteroatoms. The number of pyridine rings is 1. The van der Waals surface area contributed by atoms with E-state index in [2.05, 4.69) is 56.6 Å². The molecule has 0 bridgehead atoms. The van der Waals surface area contributed by atoms with Gasteiger partial charge < -0.3 is 14.9 Å². The zero-order valence-electron chi connectivity index (χ0n) is 25.2. The molecule has 3 aromatic rings. The van der Waals surface area contributed by atoms with E-state index in [-0.39, 0.29) is 0 Å². The second kappa shape index (κ2) is 34.8. The minimum absolute atomic E-state index is 0.712. The highest BCUT2D eigenvalue weighted by Gasteiger charge is 1.95. The summed E-state index contributed by atoms with van der Waals surface area (Å²) in [5.41, 5.74) is 7.46. The van der Waals surface area contributed by atoms with E-state index in [4.69, 9.17) is 5.73 Å². The standard InChI is InChI=1S/C8H12N2S.C6H8N2S.C6H6S.C5H10.3C2H6/c1-10(6-11)8-4-2-7(9)3-5-8;1-8(9)6-4-2-3-5-7-6;7-6-4-2-1-3-5-6;1-3-5-4-2;3*1-2/h2-5,11H,6,9H2,1H3;2-5,9H,1H3;1-5,7H;3H,1,4-5H2,2H3;3*1-2H3. The van der Waals surface area contributed by atoms with Gasteiger partial charge >= 0.3 is 0 Å². The molecule has 38 heavy (non-hydrogen) atoms. The van der Waals surface area contributed by atoms with Gasteiger partial charge in [-0.3, -0.25) is 0 Å². The fraction of sp³-hybridized carbons (Fsp3) is 0.387. The molecule has 1 heterocycles. The molecule has 2 aromatic carbocycles. The third kappa shape index (κ3) is 28.4. The number of unbranched alkanes of at least 4 members (excludes halogenated alkanes) is 1. The van der Waals surface area contributed by atoms with Gasteiger partial charge in [-0.05, 0) is 55.0 Å². The summed E-state index contributed by atoms with van der Waals surface area (Å²) in [4.78, 5) is 7.07. The summed E-state index contributed by atoms with van der Waals surface area (Å²) in [7, 11) is 3.82. The highest BCUT2D eigenvalue weighted by Crippen LogP contribution is 2.14. The molecule has 4 nitrogen and oxygen atoms in total. The lowest BCUT2D eigenvalue weighted by Gasteiger charge is -2.15. The van der Waals surface area contributed by atoms with Crippen molar-refractivity contribution in [3.8, 4) is 0 Å². The number of anilines is 3. The van der Waals surface area contributed by atoms with Crippen molar-refractivity contribution < 1.29 is 0 Å². The molecule has 0 aliphatic carbocycles. The topological polar surface area (TPSA) is 45.4 Å². The maximum atomic E-state index is 5.53. The largest absolute Gasteiger partial charge is 0.399 e. The van der Waals surface area contributed by atoms with Gasteiger partial charge in [-0.15, -0.1) is 19.2 Å². The summed E-state index contributed by atoms with van der Waals surface area (Å²) in [6.45, 7) is 17.7. The number of hydrogen-bond acceptors (Lipinski definition) is 7. The summed E-state index contributed by atoms with van der Waals surface area (Å²) in [6.07, 6.45) is 6.05. The third-order valence-electron chi connectivity index (χ3n) is 3.78. The van der Waals surface area contributed by atoms with E-state index < -0.39 is 0 Å². The lowest BCUT2D eigenvalue weighted by Crippen LogP contribution is -2.13. The van der Waals surface area contributed by atoms with Gasteiger partial charge in [0.05, 0.1) is 5.88 Å². The SMILES string of the molecule is C=CCCC.CC.CC.CC.CN(CS)c1ccc(N)cc1.CN(S)c1ccccn1.Sc1ccccc1. The molecular weight excluding hydrogens is 525 g/mol. The summed E-state index contributed by atoms with van der Waals surface area (Å²) < 4.78 is 1.67. The van der Waals surface area contributed by atoms with Crippen LogP contribution in [0.2, 0.25) is 0 Å². The Morgan fingerprint density at radius 3 is 1.61 bits per heavy atom. The molecule has 0 radical (unpaired) electrons. The second-order valence-corrected chi connectivity index (χ2v) is 7.95. The van der Waals surface area contributed by atoms with Crippen LogP contribution >= 0.6 is 38.1 Å². The van der Waals surface area contributed by atoms with Gasteiger partial charge in [0.15, 0.2) is 0 Å². The van der Waals surface area contributed by atoms with E-state index in [0.29, 0.717) is 5.88 Å². The Hall–Kier alpha value is -2.22. The van der Waals surface area contributed by atoms with Crippen LogP contribution in [0.25, 0.3) is 0 Å². The average molecular weight is 579 g/mol. The van der Waals surface area contributed by atoms with Crippen molar-refractivity contribution in [2.45, 2.75) is 66.2 Å². The zero-order valence-corrected chi connectivity index (χ0v) is 27.9. The van der Waals surface area contributed by atoms with Gasteiger partial charge in [-0.1, -0.05) is 98.0 Å². The van der Waals surface area contributed by atoms with Gasteiger partial charge in [-0.25, -0.2) is 4.98 Å². The Morgan fingerprint density at radius 2 is 1.34 bits per heavy atom. The maximum Gasteiger partial charge on any atom is 0.137 e. The smallest absolute Gasteiger partial charge is 0.137 e. The monoisotopic (exact) mass is 578 g/mol. The van der Waals surface area contributed by atoms with E-state index in [1.807, 2.05) is 139 Å². The first kappa shape index (κ1) is 42.9. The highest BCUT2D eigenvalue weighted by molar-refractivity contribution is 7.81. The Balaban J connectivity index is -0.000000195. The van der Waals surface area contributed by atoms with Crippen LogP contribution < -0.4 is 14.9 Å². The van der Waals surface area contributed by atoms with Crippen molar-refractivity contribution in [2.75, 3.05) is 34.9 Å². The molecule has 0 aliphatic rings. The van der Waals surface area contributed by atoms with Gasteiger partial charge in [0.25, 0.3) is 0 Å². The molecule has 1 aromatic heterocycles. The Bertz CT molecular complexity index is 816. The van der Waals surface area contributed by atoms with Gasteiger partial charge in [0.2, 0.25) is 0 Å². The Labute approximate surface area is 252 Å². The molecule has 0 saturated heterocycles. The number of nitrogen functional groups attached to an aromatic ring is 1. The van der Waals surface area contributed by atoms with Gasteiger partial charge in [0, 0.05) is 36.6 Å². The molecule has 216 valence electrons. The number of thiol groups is 3. The lowest BCUT2D eigenvalue weighted by atomic mass is 10.3.